The van der Waals surface area contributed by atoms with Gasteiger partial charge >= 0.3 is 0 Å². The molecule has 1 heterocycles. The van der Waals surface area contributed by atoms with Crippen LogP contribution < -0.4 is 5.32 Å². The molecule has 0 radical (unpaired) electrons. The van der Waals surface area contributed by atoms with Crippen molar-refractivity contribution in [2.24, 2.45) is 0 Å². The number of likely N-dealkylation sites (N-methyl/N-ethyl adjacent to an activating group) is 1. The van der Waals surface area contributed by atoms with E-state index in [1.54, 1.807) is 18.2 Å². The summed E-state index contributed by atoms with van der Waals surface area (Å²) in [6.45, 7) is 0. The van der Waals surface area contributed by atoms with E-state index >= 15 is 0 Å². The van der Waals surface area contributed by atoms with E-state index in [2.05, 4.69) is 5.32 Å². The Labute approximate surface area is 116 Å². The fraction of sp³-hybridized carbons (Fsp3) is 0.357. The first-order chi connectivity index (χ1) is 9.49. The molecule has 0 spiro atoms. The van der Waals surface area contributed by atoms with E-state index in [0.29, 0.717) is 12.0 Å². The Bertz CT molecular complexity index is 556. The van der Waals surface area contributed by atoms with Crippen molar-refractivity contribution in [3.8, 4) is 5.75 Å². The lowest BCUT2D eigenvalue weighted by atomic mass is 10.0. The van der Waals surface area contributed by atoms with Gasteiger partial charge in [-0.05, 0) is 12.5 Å². The van der Waals surface area contributed by atoms with Crippen molar-refractivity contribution in [3.05, 3.63) is 29.8 Å². The second kappa shape index (κ2) is 5.73. The molecule has 0 saturated carbocycles. The average Bonchev–Trinajstić information content (AvgIpc) is 2.42. The van der Waals surface area contributed by atoms with Crippen molar-refractivity contribution in [3.63, 3.8) is 0 Å². The van der Waals surface area contributed by atoms with Crippen molar-refractivity contribution in [1.29, 1.82) is 0 Å². The van der Waals surface area contributed by atoms with Gasteiger partial charge in [0.05, 0.1) is 6.42 Å². The summed E-state index contributed by atoms with van der Waals surface area (Å²) in [5.41, 5.74) is 0.498. The second-order valence-corrected chi connectivity index (χ2v) is 4.76. The molecule has 2 rings (SSSR count). The Morgan fingerprint density at radius 1 is 1.40 bits per heavy atom. The minimum Gasteiger partial charge on any atom is -0.508 e. The third-order valence-corrected chi connectivity index (χ3v) is 3.33. The first kappa shape index (κ1) is 14.0. The van der Waals surface area contributed by atoms with Gasteiger partial charge in [-0.3, -0.25) is 19.3 Å². The third kappa shape index (κ3) is 2.96. The number of amides is 3. The fourth-order valence-corrected chi connectivity index (χ4v) is 2.13. The normalized spacial score (nSPS) is 19.1. The number of hydrogen-bond acceptors (Lipinski definition) is 4. The zero-order valence-electron chi connectivity index (χ0n) is 11.1. The van der Waals surface area contributed by atoms with Crippen LogP contribution >= 0.6 is 0 Å². The molecule has 2 N–H and O–H groups in total. The van der Waals surface area contributed by atoms with Gasteiger partial charge in [-0.15, -0.1) is 0 Å². The number of phenolic OH excluding ortho intramolecular Hbond substituents is 1. The van der Waals surface area contributed by atoms with Crippen LogP contribution in [0, 0.1) is 0 Å². The maximum absolute atomic E-state index is 11.9. The Morgan fingerprint density at radius 3 is 2.80 bits per heavy atom. The van der Waals surface area contributed by atoms with Crippen molar-refractivity contribution in [2.45, 2.75) is 25.3 Å². The second-order valence-electron chi connectivity index (χ2n) is 4.76. The van der Waals surface area contributed by atoms with E-state index < -0.39 is 11.9 Å². The summed E-state index contributed by atoms with van der Waals surface area (Å²) in [6.07, 6.45) is 0.548. The summed E-state index contributed by atoms with van der Waals surface area (Å²) in [7, 11) is 1.41. The molecule has 6 heteroatoms. The summed E-state index contributed by atoms with van der Waals surface area (Å²) in [4.78, 5) is 36.1. The quantitative estimate of drug-likeness (QED) is 0.772. The highest BCUT2D eigenvalue weighted by Crippen LogP contribution is 2.17. The van der Waals surface area contributed by atoms with Crippen LogP contribution in [0.25, 0.3) is 0 Å². The number of phenols is 1. The van der Waals surface area contributed by atoms with Crippen molar-refractivity contribution in [2.75, 3.05) is 7.05 Å². The van der Waals surface area contributed by atoms with Gasteiger partial charge < -0.3 is 10.4 Å². The Kier molecular flexibility index (Phi) is 4.02. The van der Waals surface area contributed by atoms with E-state index in [1.807, 2.05) is 0 Å². The van der Waals surface area contributed by atoms with Gasteiger partial charge in [-0.1, -0.05) is 18.2 Å². The number of benzene rings is 1. The van der Waals surface area contributed by atoms with Crippen LogP contribution in [0.4, 0.5) is 0 Å². The first-order valence-corrected chi connectivity index (χ1v) is 6.35. The number of nitrogens with zero attached hydrogens (tertiary/aromatic N) is 1. The smallest absolute Gasteiger partial charge is 0.251 e. The zero-order chi connectivity index (χ0) is 14.7. The molecule has 1 atom stereocenters. The zero-order valence-corrected chi connectivity index (χ0v) is 11.1. The molecular formula is C14H16N2O4. The Hall–Kier alpha value is -2.37. The van der Waals surface area contributed by atoms with Gasteiger partial charge in [-0.2, -0.15) is 0 Å². The highest BCUT2D eigenvalue weighted by Gasteiger charge is 2.32. The molecule has 0 bridgehead atoms. The van der Waals surface area contributed by atoms with E-state index in [1.165, 1.54) is 13.1 Å². The van der Waals surface area contributed by atoms with Crippen LogP contribution in [0.2, 0.25) is 0 Å². The topological polar surface area (TPSA) is 86.7 Å². The number of hydrogen-bond donors (Lipinski definition) is 2. The fourth-order valence-electron chi connectivity index (χ4n) is 2.13. The minimum atomic E-state index is -0.670. The summed E-state index contributed by atoms with van der Waals surface area (Å²) in [6, 6.07) is 5.87. The standard InChI is InChI=1S/C14H16N2O4/c1-16-13(19)7-6-10(14(16)20)15-12(18)8-9-4-2-3-5-11(9)17/h2-5,10,17H,6-8H2,1H3,(H,15,18). The van der Waals surface area contributed by atoms with E-state index in [0.717, 1.165) is 4.90 Å². The molecule has 6 nitrogen and oxygen atoms in total. The highest BCUT2D eigenvalue weighted by atomic mass is 16.3. The Balaban J connectivity index is 1.97. The number of nitrogens with one attached hydrogen (secondary N) is 1. The molecule has 3 amide bonds. The van der Waals surface area contributed by atoms with E-state index in [9.17, 15) is 19.5 Å². The largest absolute Gasteiger partial charge is 0.508 e. The maximum Gasteiger partial charge on any atom is 0.251 e. The molecule has 1 aliphatic rings. The number of likely N-dealkylation sites (tertiary alicyclic amines) is 1. The molecule has 1 unspecified atom stereocenters. The molecular weight excluding hydrogens is 260 g/mol. The molecule has 106 valence electrons. The van der Waals surface area contributed by atoms with Crippen molar-refractivity contribution < 1.29 is 19.5 Å². The van der Waals surface area contributed by atoms with Gasteiger partial charge in [0.2, 0.25) is 11.8 Å². The lowest BCUT2D eigenvalue weighted by molar-refractivity contribution is -0.149. The van der Waals surface area contributed by atoms with Crippen LogP contribution in [0.15, 0.2) is 24.3 Å². The predicted molar refractivity (Wildman–Crippen MR) is 70.8 cm³/mol. The van der Waals surface area contributed by atoms with Crippen LogP contribution in [0.1, 0.15) is 18.4 Å². The van der Waals surface area contributed by atoms with Gasteiger partial charge in [0, 0.05) is 19.0 Å². The molecule has 0 aromatic heterocycles. The molecule has 0 aliphatic carbocycles. The van der Waals surface area contributed by atoms with Gasteiger partial charge in [0.1, 0.15) is 11.8 Å². The molecule has 1 saturated heterocycles. The molecule has 1 aliphatic heterocycles. The highest BCUT2D eigenvalue weighted by molar-refractivity contribution is 6.01. The van der Waals surface area contributed by atoms with Gasteiger partial charge in [-0.25, -0.2) is 0 Å². The van der Waals surface area contributed by atoms with Crippen molar-refractivity contribution in [1.82, 2.24) is 10.2 Å². The summed E-state index contributed by atoms with van der Waals surface area (Å²) in [5, 5.41) is 12.2. The number of aromatic hydroxyl groups is 1. The van der Waals surface area contributed by atoms with Gasteiger partial charge in [0.15, 0.2) is 0 Å². The predicted octanol–water partition coefficient (Wildman–Crippen LogP) is 0.198. The number of carbonyl (C=O) groups is 3. The number of carbonyl (C=O) groups excluding carboxylic acids is 3. The lowest BCUT2D eigenvalue weighted by Crippen LogP contribution is -2.53. The van der Waals surface area contributed by atoms with Gasteiger partial charge in [0.25, 0.3) is 5.91 Å². The Morgan fingerprint density at radius 2 is 2.10 bits per heavy atom. The van der Waals surface area contributed by atoms with Crippen LogP contribution in [0.3, 0.4) is 0 Å². The first-order valence-electron chi connectivity index (χ1n) is 6.35. The number of para-hydroxylation sites is 1. The lowest BCUT2D eigenvalue weighted by Gasteiger charge is -2.28. The average molecular weight is 276 g/mol. The molecule has 1 fully saturated rings. The van der Waals surface area contributed by atoms with Crippen molar-refractivity contribution >= 4 is 17.7 Å². The molecule has 1 aromatic rings. The van der Waals surface area contributed by atoms with Crippen LogP contribution in [-0.2, 0) is 20.8 Å². The number of imide groups is 1. The third-order valence-electron chi connectivity index (χ3n) is 3.33. The maximum atomic E-state index is 11.9. The summed E-state index contributed by atoms with van der Waals surface area (Å²) >= 11 is 0. The number of piperidine rings is 1. The summed E-state index contributed by atoms with van der Waals surface area (Å²) < 4.78 is 0. The minimum absolute atomic E-state index is 0.00584. The van der Waals surface area contributed by atoms with Crippen LogP contribution in [-0.4, -0.2) is 40.8 Å². The number of rotatable bonds is 3. The van der Waals surface area contributed by atoms with Crippen LogP contribution in [0.5, 0.6) is 5.75 Å². The van der Waals surface area contributed by atoms with E-state index in [-0.39, 0.29) is 30.4 Å². The van der Waals surface area contributed by atoms with E-state index in [4.69, 9.17) is 0 Å². The molecule has 1 aromatic carbocycles. The molecule has 20 heavy (non-hydrogen) atoms. The monoisotopic (exact) mass is 276 g/mol. The SMILES string of the molecule is CN1C(=O)CCC(NC(=O)Cc2ccccc2O)C1=O. The summed E-state index contributed by atoms with van der Waals surface area (Å²) in [5.74, 6) is -0.939.